The third-order valence-corrected chi connectivity index (χ3v) is 6.94. The molecule has 1 atom stereocenters. The van der Waals surface area contributed by atoms with E-state index in [2.05, 4.69) is 15.9 Å². The minimum Gasteiger partial charge on any atom is -0.375 e. The summed E-state index contributed by atoms with van der Waals surface area (Å²) < 4.78 is 0.736. The molecule has 0 saturated carbocycles. The van der Waals surface area contributed by atoms with Crippen molar-refractivity contribution in [2.45, 2.75) is 25.5 Å². The summed E-state index contributed by atoms with van der Waals surface area (Å²) in [6.07, 6.45) is -0.329. The molecule has 4 aromatic rings. The molecule has 5 heteroatoms. The second kappa shape index (κ2) is 9.25. The first-order chi connectivity index (χ1) is 16.8. The number of anilines is 1. The Morgan fingerprint density at radius 3 is 2.31 bits per heavy atom. The molecular weight excluding hydrogens is 502 g/mol. The van der Waals surface area contributed by atoms with E-state index in [0.717, 1.165) is 26.7 Å². The summed E-state index contributed by atoms with van der Waals surface area (Å²) >= 11 is 3.45. The van der Waals surface area contributed by atoms with E-state index in [0.29, 0.717) is 23.4 Å². The van der Waals surface area contributed by atoms with E-state index in [-0.39, 0.29) is 12.2 Å². The van der Waals surface area contributed by atoms with Gasteiger partial charge in [0.25, 0.3) is 5.91 Å². The number of hydrogen-bond donors (Lipinski definition) is 1. The molecule has 174 valence electrons. The second-order valence-corrected chi connectivity index (χ2v) is 9.86. The molecule has 1 aliphatic rings. The molecule has 4 aromatic carbocycles. The molecule has 1 heterocycles. The van der Waals surface area contributed by atoms with E-state index in [1.807, 2.05) is 85.8 Å². The van der Waals surface area contributed by atoms with Gasteiger partial charge in [-0.15, -0.1) is 0 Å². The highest BCUT2D eigenvalue weighted by molar-refractivity contribution is 9.10. The summed E-state index contributed by atoms with van der Waals surface area (Å²) in [7, 11) is 0. The number of aryl methyl sites for hydroxylation is 1. The number of nitrogens with zero attached hydrogens (tertiary/aromatic N) is 1. The van der Waals surface area contributed by atoms with Gasteiger partial charge >= 0.3 is 0 Å². The fourth-order valence-electron chi connectivity index (χ4n) is 4.66. The first-order valence-electron chi connectivity index (χ1n) is 11.4. The van der Waals surface area contributed by atoms with E-state index in [1.165, 1.54) is 0 Å². The van der Waals surface area contributed by atoms with Crippen molar-refractivity contribution in [3.8, 4) is 11.1 Å². The average molecular weight is 526 g/mol. The summed E-state index contributed by atoms with van der Waals surface area (Å²) in [5, 5.41) is 11.7. The standard InChI is InChI=1S/C30H24BrNO3/c1-20-6-5-7-21(16-20)19-32-27-15-14-25(31)17-26(27)30(35,29(32)34)18-28(33)24-12-10-23(11-13-24)22-8-3-2-4-9-22/h2-17,35H,18-19H2,1H3. The van der Waals surface area contributed by atoms with Gasteiger partial charge in [-0.1, -0.05) is 100 Å². The zero-order chi connectivity index (χ0) is 24.6. The van der Waals surface area contributed by atoms with Gasteiger partial charge in [-0.3, -0.25) is 9.59 Å². The SMILES string of the molecule is Cc1cccc(CN2C(=O)C(O)(CC(=O)c3ccc(-c4ccccc4)cc3)c3cc(Br)ccc32)c1. The summed E-state index contributed by atoms with van der Waals surface area (Å²) in [6.45, 7) is 2.32. The molecule has 1 unspecified atom stereocenters. The van der Waals surface area contributed by atoms with Crippen LogP contribution in [-0.2, 0) is 16.9 Å². The molecule has 35 heavy (non-hydrogen) atoms. The first kappa shape index (κ1) is 23.2. The monoisotopic (exact) mass is 525 g/mol. The van der Waals surface area contributed by atoms with Crippen LogP contribution in [0.15, 0.2) is 102 Å². The molecule has 0 bridgehead atoms. The first-order valence-corrected chi connectivity index (χ1v) is 12.2. The van der Waals surface area contributed by atoms with Crippen LogP contribution in [0.2, 0.25) is 0 Å². The number of halogens is 1. The smallest absolute Gasteiger partial charge is 0.264 e. The van der Waals surface area contributed by atoms with Gasteiger partial charge in [0.05, 0.1) is 18.7 Å². The third-order valence-electron chi connectivity index (χ3n) is 6.45. The Kier molecular flexibility index (Phi) is 6.13. The molecule has 1 N–H and O–H groups in total. The Bertz CT molecular complexity index is 1420. The predicted molar refractivity (Wildman–Crippen MR) is 141 cm³/mol. The summed E-state index contributed by atoms with van der Waals surface area (Å²) in [5.41, 5.74) is 3.69. The number of amides is 1. The van der Waals surface area contributed by atoms with E-state index < -0.39 is 11.5 Å². The fraction of sp³-hybridized carbons (Fsp3) is 0.133. The lowest BCUT2D eigenvalue weighted by Gasteiger charge is -2.23. The topological polar surface area (TPSA) is 57.6 Å². The number of ketones is 1. The van der Waals surface area contributed by atoms with Crippen molar-refractivity contribution < 1.29 is 14.7 Å². The van der Waals surface area contributed by atoms with Crippen molar-refractivity contribution in [2.75, 3.05) is 4.90 Å². The summed E-state index contributed by atoms with van der Waals surface area (Å²) in [4.78, 5) is 28.4. The maximum atomic E-state index is 13.6. The fourth-order valence-corrected chi connectivity index (χ4v) is 5.02. The van der Waals surface area contributed by atoms with Crippen LogP contribution in [0.25, 0.3) is 11.1 Å². The Morgan fingerprint density at radius 1 is 0.886 bits per heavy atom. The number of benzene rings is 4. The Hall–Kier alpha value is -3.54. The van der Waals surface area contributed by atoms with Gasteiger partial charge in [-0.25, -0.2) is 0 Å². The molecule has 1 amide bonds. The highest BCUT2D eigenvalue weighted by atomic mass is 79.9. The quantitative estimate of drug-likeness (QED) is 0.295. The molecular formula is C30H24BrNO3. The maximum absolute atomic E-state index is 13.6. The van der Waals surface area contributed by atoms with Crippen molar-refractivity contribution in [1.29, 1.82) is 0 Å². The number of hydrogen-bond acceptors (Lipinski definition) is 3. The predicted octanol–water partition coefficient (Wildman–Crippen LogP) is 6.43. The largest absolute Gasteiger partial charge is 0.375 e. The van der Waals surface area contributed by atoms with Crippen molar-refractivity contribution in [1.82, 2.24) is 0 Å². The number of Topliss-reactive ketones (excluding diaryl/α,β-unsaturated/α-hetero) is 1. The van der Waals surface area contributed by atoms with Crippen molar-refractivity contribution in [3.63, 3.8) is 0 Å². The minimum atomic E-state index is -1.93. The van der Waals surface area contributed by atoms with Crippen LogP contribution in [0.1, 0.15) is 33.5 Å². The molecule has 4 nitrogen and oxygen atoms in total. The normalized spacial score (nSPS) is 16.9. The number of fused-ring (bicyclic) bond motifs is 1. The lowest BCUT2D eigenvalue weighted by atomic mass is 9.88. The van der Waals surface area contributed by atoms with E-state index in [9.17, 15) is 14.7 Å². The third kappa shape index (κ3) is 4.45. The van der Waals surface area contributed by atoms with Crippen LogP contribution in [0.4, 0.5) is 5.69 Å². The van der Waals surface area contributed by atoms with E-state index in [1.54, 1.807) is 23.1 Å². The van der Waals surface area contributed by atoms with E-state index >= 15 is 0 Å². The van der Waals surface area contributed by atoms with Gasteiger partial charge in [0.2, 0.25) is 0 Å². The van der Waals surface area contributed by atoms with Crippen LogP contribution in [0, 0.1) is 6.92 Å². The molecule has 1 aliphatic heterocycles. The lowest BCUT2D eigenvalue weighted by molar-refractivity contribution is -0.136. The van der Waals surface area contributed by atoms with Crippen molar-refractivity contribution in [3.05, 3.63) is 124 Å². The molecule has 5 rings (SSSR count). The molecule has 0 spiro atoms. The zero-order valence-electron chi connectivity index (χ0n) is 19.2. The highest BCUT2D eigenvalue weighted by Gasteiger charge is 2.51. The minimum absolute atomic E-state index is 0.288. The van der Waals surface area contributed by atoms with Crippen LogP contribution in [-0.4, -0.2) is 16.8 Å². The average Bonchev–Trinajstić information content (AvgIpc) is 3.06. The maximum Gasteiger partial charge on any atom is 0.264 e. The second-order valence-electron chi connectivity index (χ2n) is 8.95. The number of carbonyl (C=O) groups is 2. The van der Waals surface area contributed by atoms with Crippen molar-refractivity contribution >= 4 is 33.3 Å². The number of carbonyl (C=O) groups excluding carboxylic acids is 2. The van der Waals surface area contributed by atoms with Gasteiger partial charge in [0.15, 0.2) is 11.4 Å². The van der Waals surface area contributed by atoms with Crippen LogP contribution in [0.3, 0.4) is 0 Å². The van der Waals surface area contributed by atoms with Crippen LogP contribution >= 0.6 is 15.9 Å². The van der Waals surface area contributed by atoms with Gasteiger partial charge in [0, 0.05) is 15.6 Å². The molecule has 0 aromatic heterocycles. The van der Waals surface area contributed by atoms with Crippen LogP contribution in [0.5, 0.6) is 0 Å². The van der Waals surface area contributed by atoms with Gasteiger partial charge < -0.3 is 10.0 Å². The Balaban J connectivity index is 1.44. The summed E-state index contributed by atoms with van der Waals surface area (Å²) in [6, 6.07) is 30.5. The Morgan fingerprint density at radius 2 is 1.60 bits per heavy atom. The number of rotatable bonds is 6. The van der Waals surface area contributed by atoms with Crippen molar-refractivity contribution in [2.24, 2.45) is 0 Å². The molecule has 0 aliphatic carbocycles. The highest BCUT2D eigenvalue weighted by Crippen LogP contribution is 2.45. The van der Waals surface area contributed by atoms with Gasteiger partial charge in [0.1, 0.15) is 0 Å². The lowest BCUT2D eigenvalue weighted by Crippen LogP contribution is -2.41. The molecule has 0 saturated heterocycles. The Labute approximate surface area is 213 Å². The number of aliphatic hydroxyl groups is 1. The molecule has 0 radical (unpaired) electrons. The van der Waals surface area contributed by atoms with E-state index in [4.69, 9.17) is 0 Å². The van der Waals surface area contributed by atoms with Gasteiger partial charge in [-0.05, 0) is 41.8 Å². The molecule has 0 fully saturated rings. The summed E-state index contributed by atoms with van der Waals surface area (Å²) in [5.74, 6) is -0.773. The van der Waals surface area contributed by atoms with Crippen LogP contribution < -0.4 is 4.90 Å². The zero-order valence-corrected chi connectivity index (χ0v) is 20.8. The van der Waals surface area contributed by atoms with Gasteiger partial charge in [-0.2, -0.15) is 0 Å².